The Labute approximate surface area is 164 Å². The second-order valence-electron chi connectivity index (χ2n) is 5.96. The number of nitrogens with one attached hydrogen (secondary N) is 1. The molecular weight excluding hydrogens is 394 g/mol. The summed E-state index contributed by atoms with van der Waals surface area (Å²) >= 11 is 7.04. The molecule has 1 aliphatic heterocycles. The van der Waals surface area contributed by atoms with E-state index in [4.69, 9.17) is 16.7 Å². The third-order valence-electron chi connectivity index (χ3n) is 4.06. The molecule has 27 heavy (non-hydrogen) atoms. The third-order valence-corrected chi connectivity index (χ3v) is 5.01. The van der Waals surface area contributed by atoms with Crippen LogP contribution in [0.1, 0.15) is 5.56 Å². The molecule has 3 rings (SSSR count). The number of rotatable bonds is 6. The Morgan fingerprint density at radius 3 is 2.81 bits per heavy atom. The fraction of sp³-hybridized carbons (Fsp3) is 0.222. The highest BCUT2D eigenvalue weighted by Gasteiger charge is 2.27. The number of amides is 1. The molecule has 5 nitrogen and oxygen atoms in total. The van der Waals surface area contributed by atoms with E-state index in [1.54, 1.807) is 36.4 Å². The number of hydrogen-bond donors (Lipinski definition) is 2. The van der Waals surface area contributed by atoms with E-state index in [9.17, 15) is 13.6 Å². The van der Waals surface area contributed by atoms with E-state index >= 15 is 0 Å². The molecule has 1 unspecified atom stereocenters. The van der Waals surface area contributed by atoms with Crippen molar-refractivity contribution < 1.29 is 13.6 Å². The Morgan fingerprint density at radius 1 is 1.37 bits per heavy atom. The van der Waals surface area contributed by atoms with E-state index in [0.29, 0.717) is 21.3 Å². The van der Waals surface area contributed by atoms with Gasteiger partial charge in [0.25, 0.3) is 0 Å². The molecule has 9 heteroatoms. The van der Waals surface area contributed by atoms with Crippen LogP contribution in [0.4, 0.5) is 20.2 Å². The van der Waals surface area contributed by atoms with Crippen LogP contribution in [0.5, 0.6) is 0 Å². The highest BCUT2D eigenvalue weighted by Crippen LogP contribution is 2.33. The molecule has 0 bridgehead atoms. The van der Waals surface area contributed by atoms with E-state index in [0.717, 1.165) is 17.5 Å². The maximum atomic E-state index is 12.8. The standard InChI is InChI=1S/C18H17ClF2N4OS/c19-14-4-2-1-3-11(14)7-17(26)24-13-5-6-15(16(8-13)27-22)25-10-12(9-23-25)18(20)21/h1-6,8-9,12,18H,7,10,22H2,(H,24,26). The lowest BCUT2D eigenvalue weighted by molar-refractivity contribution is -0.115. The van der Waals surface area contributed by atoms with Crippen molar-refractivity contribution in [2.45, 2.75) is 17.7 Å². The Hall–Kier alpha value is -2.16. The van der Waals surface area contributed by atoms with Gasteiger partial charge in [0.2, 0.25) is 12.3 Å². The van der Waals surface area contributed by atoms with E-state index in [1.807, 2.05) is 6.07 Å². The van der Waals surface area contributed by atoms with Gasteiger partial charge in [-0.2, -0.15) is 5.10 Å². The molecule has 0 radical (unpaired) electrons. The van der Waals surface area contributed by atoms with Gasteiger partial charge in [-0.1, -0.05) is 29.8 Å². The summed E-state index contributed by atoms with van der Waals surface area (Å²) in [7, 11) is 0. The fourth-order valence-corrected chi connectivity index (χ4v) is 3.38. The number of nitrogens with zero attached hydrogens (tertiary/aromatic N) is 2. The van der Waals surface area contributed by atoms with Gasteiger partial charge in [-0.3, -0.25) is 14.9 Å². The first-order valence-electron chi connectivity index (χ1n) is 8.11. The van der Waals surface area contributed by atoms with Crippen LogP contribution in [0, 0.1) is 5.92 Å². The first-order chi connectivity index (χ1) is 13.0. The van der Waals surface area contributed by atoms with Gasteiger partial charge in [0.05, 0.1) is 24.6 Å². The molecule has 0 saturated heterocycles. The summed E-state index contributed by atoms with van der Waals surface area (Å²) in [6.07, 6.45) is -1.08. The van der Waals surface area contributed by atoms with Gasteiger partial charge >= 0.3 is 0 Å². The predicted octanol–water partition coefficient (Wildman–Crippen LogP) is 4.17. The van der Waals surface area contributed by atoms with Gasteiger partial charge < -0.3 is 5.32 Å². The third kappa shape index (κ3) is 4.77. The lowest BCUT2D eigenvalue weighted by atomic mass is 10.1. The zero-order chi connectivity index (χ0) is 19.4. The van der Waals surface area contributed by atoms with Crippen LogP contribution in [0.15, 0.2) is 52.5 Å². The van der Waals surface area contributed by atoms with E-state index in [1.165, 1.54) is 11.2 Å². The second-order valence-corrected chi connectivity index (χ2v) is 7.04. The van der Waals surface area contributed by atoms with Crippen LogP contribution in [0.25, 0.3) is 0 Å². The molecule has 1 amide bonds. The molecule has 2 aromatic rings. The SMILES string of the molecule is NSc1cc(NC(=O)Cc2ccccc2Cl)ccc1N1CC(C(F)F)C=N1. The minimum Gasteiger partial charge on any atom is -0.326 e. The van der Waals surface area contributed by atoms with Gasteiger partial charge in [-0.15, -0.1) is 0 Å². The van der Waals surface area contributed by atoms with Crippen LogP contribution in [0.2, 0.25) is 5.02 Å². The van der Waals surface area contributed by atoms with E-state index in [2.05, 4.69) is 10.4 Å². The molecule has 0 aliphatic carbocycles. The fourth-order valence-electron chi connectivity index (χ4n) is 2.68. The number of halogens is 3. The molecule has 0 fully saturated rings. The van der Waals surface area contributed by atoms with Gasteiger partial charge in [0.1, 0.15) is 0 Å². The first-order valence-corrected chi connectivity index (χ1v) is 9.37. The summed E-state index contributed by atoms with van der Waals surface area (Å²) in [5, 5.41) is 14.6. The van der Waals surface area contributed by atoms with Crippen molar-refractivity contribution in [1.29, 1.82) is 0 Å². The lowest BCUT2D eigenvalue weighted by Crippen LogP contribution is -2.22. The average Bonchev–Trinajstić information content (AvgIpc) is 3.14. The quantitative estimate of drug-likeness (QED) is 0.701. The number of anilines is 2. The molecule has 0 saturated carbocycles. The van der Waals surface area contributed by atoms with E-state index in [-0.39, 0.29) is 18.9 Å². The summed E-state index contributed by atoms with van der Waals surface area (Å²) in [4.78, 5) is 12.9. The highest BCUT2D eigenvalue weighted by molar-refractivity contribution is 7.97. The predicted molar refractivity (Wildman–Crippen MR) is 106 cm³/mol. The summed E-state index contributed by atoms with van der Waals surface area (Å²) in [6, 6.07) is 12.2. The van der Waals surface area contributed by atoms with Crippen molar-refractivity contribution in [2.75, 3.05) is 16.9 Å². The van der Waals surface area contributed by atoms with Crippen molar-refractivity contribution in [3.8, 4) is 0 Å². The van der Waals surface area contributed by atoms with Crippen molar-refractivity contribution in [3.63, 3.8) is 0 Å². The highest BCUT2D eigenvalue weighted by atomic mass is 35.5. The number of carbonyl (C=O) groups is 1. The molecule has 1 aliphatic rings. The maximum absolute atomic E-state index is 12.8. The number of carbonyl (C=O) groups excluding carboxylic acids is 1. The van der Waals surface area contributed by atoms with Crippen LogP contribution in [-0.4, -0.2) is 25.1 Å². The molecule has 0 aromatic heterocycles. The van der Waals surface area contributed by atoms with Crippen LogP contribution >= 0.6 is 23.5 Å². The zero-order valence-corrected chi connectivity index (χ0v) is 15.7. The Bertz CT molecular complexity index is 865. The summed E-state index contributed by atoms with van der Waals surface area (Å²) in [5.41, 5.74) is 1.90. The molecule has 3 N–H and O–H groups in total. The normalized spacial score (nSPS) is 16.2. The Morgan fingerprint density at radius 2 is 2.15 bits per heavy atom. The Balaban J connectivity index is 1.70. The molecule has 1 atom stereocenters. The summed E-state index contributed by atoms with van der Waals surface area (Å²) in [5.74, 6) is -1.13. The van der Waals surface area contributed by atoms with Crippen LogP contribution in [-0.2, 0) is 11.2 Å². The number of hydrogen-bond acceptors (Lipinski definition) is 5. The minimum atomic E-state index is -2.46. The lowest BCUT2D eigenvalue weighted by Gasteiger charge is -2.19. The minimum absolute atomic E-state index is 0.0867. The van der Waals surface area contributed by atoms with E-state index < -0.39 is 12.3 Å². The Kier molecular flexibility index (Phi) is 6.30. The van der Waals surface area contributed by atoms with Gasteiger partial charge in [-0.05, 0) is 41.8 Å². The molecule has 142 valence electrons. The zero-order valence-electron chi connectivity index (χ0n) is 14.1. The maximum Gasteiger partial charge on any atom is 0.248 e. The number of hydrazone groups is 1. The first kappa shape index (κ1) is 19.6. The molecule has 0 spiro atoms. The molecule has 2 aromatic carbocycles. The van der Waals surface area contributed by atoms with Crippen molar-refractivity contribution in [2.24, 2.45) is 16.2 Å². The number of benzene rings is 2. The van der Waals surface area contributed by atoms with Crippen LogP contribution < -0.4 is 15.5 Å². The van der Waals surface area contributed by atoms with Crippen molar-refractivity contribution >= 4 is 47.0 Å². The van der Waals surface area contributed by atoms with Crippen LogP contribution in [0.3, 0.4) is 0 Å². The molecular formula is C18H17ClF2N4OS. The number of nitrogens with two attached hydrogens (primary N) is 1. The van der Waals surface area contributed by atoms with Crippen molar-refractivity contribution in [3.05, 3.63) is 53.1 Å². The molecule has 1 heterocycles. The second kappa shape index (κ2) is 8.69. The smallest absolute Gasteiger partial charge is 0.248 e. The summed E-state index contributed by atoms with van der Waals surface area (Å²) < 4.78 is 25.6. The van der Waals surface area contributed by atoms with Crippen molar-refractivity contribution in [1.82, 2.24) is 0 Å². The topological polar surface area (TPSA) is 70.7 Å². The average molecular weight is 411 g/mol. The number of alkyl halides is 2. The monoisotopic (exact) mass is 410 g/mol. The summed E-state index contributed by atoms with van der Waals surface area (Å²) in [6.45, 7) is 0.0867. The van der Waals surface area contributed by atoms with Gasteiger partial charge in [-0.25, -0.2) is 8.78 Å². The largest absolute Gasteiger partial charge is 0.326 e. The van der Waals surface area contributed by atoms with Gasteiger partial charge in [0.15, 0.2) is 0 Å². The van der Waals surface area contributed by atoms with Gasteiger partial charge in [0, 0.05) is 21.8 Å².